The molecule has 0 amide bonds. The van der Waals surface area contributed by atoms with Gasteiger partial charge in [0.05, 0.1) is 0 Å². The SMILES string of the molecule is Cc1cc(=O)c(CC2C3CC4CC(C3)CC2C4)c(N)[nH]1. The molecular weight excluding hydrogens is 248 g/mol. The van der Waals surface area contributed by atoms with Gasteiger partial charge >= 0.3 is 0 Å². The minimum Gasteiger partial charge on any atom is -0.385 e. The molecule has 0 atom stereocenters. The number of pyridine rings is 1. The second-order valence-electron chi connectivity index (χ2n) is 7.51. The van der Waals surface area contributed by atoms with E-state index in [-0.39, 0.29) is 5.43 Å². The number of nitrogen functional groups attached to an aromatic ring is 1. The highest BCUT2D eigenvalue weighted by Gasteiger charge is 2.48. The Morgan fingerprint density at radius 3 is 2.30 bits per heavy atom. The summed E-state index contributed by atoms with van der Waals surface area (Å²) in [6, 6.07) is 1.70. The summed E-state index contributed by atoms with van der Waals surface area (Å²) in [6.45, 7) is 1.89. The summed E-state index contributed by atoms with van der Waals surface area (Å²) in [7, 11) is 0. The van der Waals surface area contributed by atoms with Gasteiger partial charge in [0.2, 0.25) is 0 Å². The number of aromatic nitrogens is 1. The van der Waals surface area contributed by atoms with Crippen molar-refractivity contribution in [1.82, 2.24) is 4.98 Å². The van der Waals surface area contributed by atoms with Crippen LogP contribution in [0.2, 0.25) is 0 Å². The summed E-state index contributed by atoms with van der Waals surface area (Å²) < 4.78 is 0. The highest BCUT2D eigenvalue weighted by atomic mass is 16.1. The molecule has 4 bridgehead atoms. The van der Waals surface area contributed by atoms with E-state index in [0.29, 0.717) is 11.7 Å². The number of nitrogens with one attached hydrogen (secondary N) is 1. The van der Waals surface area contributed by atoms with Gasteiger partial charge in [-0.05, 0) is 75.0 Å². The van der Waals surface area contributed by atoms with Crippen LogP contribution in [-0.4, -0.2) is 4.98 Å². The average Bonchev–Trinajstić information content (AvgIpc) is 2.35. The molecule has 3 heteroatoms. The minimum atomic E-state index is 0.132. The van der Waals surface area contributed by atoms with Crippen molar-refractivity contribution in [1.29, 1.82) is 0 Å². The van der Waals surface area contributed by atoms with E-state index in [0.717, 1.165) is 41.3 Å². The molecule has 20 heavy (non-hydrogen) atoms. The van der Waals surface area contributed by atoms with Crippen LogP contribution in [0.15, 0.2) is 10.9 Å². The van der Waals surface area contributed by atoms with Crippen molar-refractivity contribution >= 4 is 5.82 Å². The Hall–Kier alpha value is -1.25. The number of nitrogens with two attached hydrogens (primary N) is 1. The van der Waals surface area contributed by atoms with Crippen molar-refractivity contribution in [3.63, 3.8) is 0 Å². The largest absolute Gasteiger partial charge is 0.385 e. The van der Waals surface area contributed by atoms with E-state index in [2.05, 4.69) is 4.98 Å². The molecule has 1 heterocycles. The second kappa shape index (κ2) is 4.37. The van der Waals surface area contributed by atoms with E-state index in [9.17, 15) is 4.79 Å². The van der Waals surface area contributed by atoms with Crippen LogP contribution in [0.3, 0.4) is 0 Å². The van der Waals surface area contributed by atoms with Crippen LogP contribution in [0.4, 0.5) is 5.82 Å². The van der Waals surface area contributed by atoms with Gasteiger partial charge in [-0.1, -0.05) is 0 Å². The summed E-state index contributed by atoms with van der Waals surface area (Å²) >= 11 is 0. The third-order valence-electron chi connectivity index (χ3n) is 6.16. The molecule has 4 aliphatic carbocycles. The van der Waals surface area contributed by atoms with E-state index in [4.69, 9.17) is 5.73 Å². The first-order valence-electron chi connectivity index (χ1n) is 8.08. The number of aromatic amines is 1. The molecule has 4 aliphatic rings. The molecule has 0 spiro atoms. The van der Waals surface area contributed by atoms with Gasteiger partial charge in [0.1, 0.15) is 5.82 Å². The Labute approximate surface area is 120 Å². The quantitative estimate of drug-likeness (QED) is 0.869. The van der Waals surface area contributed by atoms with Gasteiger partial charge in [-0.15, -0.1) is 0 Å². The molecular formula is C17H24N2O. The third kappa shape index (κ3) is 1.90. The molecule has 0 saturated heterocycles. The molecule has 4 saturated carbocycles. The topological polar surface area (TPSA) is 58.9 Å². The van der Waals surface area contributed by atoms with Crippen molar-refractivity contribution in [2.24, 2.45) is 29.6 Å². The lowest BCUT2D eigenvalue weighted by Crippen LogP contribution is -2.46. The zero-order valence-electron chi connectivity index (χ0n) is 12.2. The van der Waals surface area contributed by atoms with Gasteiger partial charge in [-0.2, -0.15) is 0 Å². The van der Waals surface area contributed by atoms with Crippen LogP contribution in [-0.2, 0) is 6.42 Å². The maximum atomic E-state index is 12.2. The van der Waals surface area contributed by atoms with Crippen LogP contribution in [0.1, 0.15) is 43.4 Å². The summed E-state index contributed by atoms with van der Waals surface area (Å²) in [4.78, 5) is 15.4. The monoisotopic (exact) mass is 272 g/mol. The summed E-state index contributed by atoms with van der Waals surface area (Å²) in [6.07, 6.45) is 7.99. The zero-order valence-corrected chi connectivity index (χ0v) is 12.2. The first-order valence-corrected chi connectivity index (χ1v) is 8.08. The maximum Gasteiger partial charge on any atom is 0.187 e. The second-order valence-corrected chi connectivity index (χ2v) is 7.51. The molecule has 3 N–H and O–H groups in total. The average molecular weight is 272 g/mol. The molecule has 0 aliphatic heterocycles. The molecule has 1 aromatic heterocycles. The summed E-state index contributed by atoms with van der Waals surface area (Å²) in [5.41, 5.74) is 7.91. The smallest absolute Gasteiger partial charge is 0.187 e. The van der Waals surface area contributed by atoms with Crippen LogP contribution in [0.5, 0.6) is 0 Å². The van der Waals surface area contributed by atoms with Gasteiger partial charge in [0, 0.05) is 17.3 Å². The predicted molar refractivity (Wildman–Crippen MR) is 80.5 cm³/mol. The van der Waals surface area contributed by atoms with E-state index in [1.807, 2.05) is 6.92 Å². The van der Waals surface area contributed by atoms with E-state index in [1.54, 1.807) is 6.07 Å². The molecule has 1 aromatic rings. The van der Waals surface area contributed by atoms with Gasteiger partial charge in [-0.3, -0.25) is 4.79 Å². The lowest BCUT2D eigenvalue weighted by atomic mass is 9.51. The van der Waals surface area contributed by atoms with Gasteiger partial charge in [-0.25, -0.2) is 0 Å². The highest BCUT2D eigenvalue weighted by Crippen LogP contribution is 2.57. The number of aryl methyl sites for hydroxylation is 1. The van der Waals surface area contributed by atoms with Gasteiger partial charge in [0.15, 0.2) is 5.43 Å². The molecule has 108 valence electrons. The lowest BCUT2D eigenvalue weighted by Gasteiger charge is -2.54. The Morgan fingerprint density at radius 1 is 1.15 bits per heavy atom. The molecule has 0 radical (unpaired) electrons. The van der Waals surface area contributed by atoms with Crippen molar-refractivity contribution in [3.8, 4) is 0 Å². The molecule has 5 rings (SSSR count). The van der Waals surface area contributed by atoms with Crippen LogP contribution in [0, 0.1) is 36.5 Å². The first kappa shape index (κ1) is 12.5. The number of anilines is 1. The Kier molecular flexibility index (Phi) is 2.73. The van der Waals surface area contributed by atoms with E-state index in [1.165, 1.54) is 32.1 Å². The Morgan fingerprint density at radius 2 is 1.75 bits per heavy atom. The molecule has 3 nitrogen and oxygen atoms in total. The van der Waals surface area contributed by atoms with Crippen molar-refractivity contribution in [3.05, 3.63) is 27.5 Å². The fraction of sp³-hybridized carbons (Fsp3) is 0.706. The third-order valence-corrected chi connectivity index (χ3v) is 6.16. The summed E-state index contributed by atoms with van der Waals surface area (Å²) in [5.74, 6) is 4.99. The number of hydrogen-bond acceptors (Lipinski definition) is 2. The summed E-state index contributed by atoms with van der Waals surface area (Å²) in [5, 5.41) is 0. The maximum absolute atomic E-state index is 12.2. The Bertz CT molecular complexity index is 561. The van der Waals surface area contributed by atoms with Crippen LogP contribution < -0.4 is 11.2 Å². The first-order chi connectivity index (χ1) is 9.60. The standard InChI is InChI=1S/C17H24N2O/c1-9-2-16(20)15(17(18)19-9)8-14-12-4-10-3-11(6-12)7-13(14)5-10/h2,10-14H,3-8H2,1H3,(H3,18,19,20). The highest BCUT2D eigenvalue weighted by molar-refractivity contribution is 5.40. The van der Waals surface area contributed by atoms with Gasteiger partial charge in [0.25, 0.3) is 0 Å². The fourth-order valence-corrected chi connectivity index (χ4v) is 5.56. The van der Waals surface area contributed by atoms with E-state index < -0.39 is 0 Å². The molecule has 0 aromatic carbocycles. The molecule has 0 unspecified atom stereocenters. The minimum absolute atomic E-state index is 0.132. The van der Waals surface area contributed by atoms with Crippen molar-refractivity contribution in [2.75, 3.05) is 5.73 Å². The normalized spacial score (nSPS) is 38.4. The van der Waals surface area contributed by atoms with E-state index >= 15 is 0 Å². The molecule has 4 fully saturated rings. The van der Waals surface area contributed by atoms with Crippen molar-refractivity contribution in [2.45, 2.75) is 45.4 Å². The van der Waals surface area contributed by atoms with Gasteiger partial charge < -0.3 is 10.7 Å². The zero-order chi connectivity index (χ0) is 13.9. The fourth-order valence-electron chi connectivity index (χ4n) is 5.56. The Balaban J connectivity index is 1.62. The number of rotatable bonds is 2. The lowest BCUT2D eigenvalue weighted by molar-refractivity contribution is -0.0360. The van der Waals surface area contributed by atoms with Crippen LogP contribution >= 0.6 is 0 Å². The number of hydrogen-bond donors (Lipinski definition) is 2. The number of H-pyrrole nitrogens is 1. The van der Waals surface area contributed by atoms with Crippen LogP contribution in [0.25, 0.3) is 0 Å². The predicted octanol–water partition coefficient (Wildman–Crippen LogP) is 2.88. The van der Waals surface area contributed by atoms with Crippen molar-refractivity contribution < 1.29 is 0 Å².